The second-order valence-electron chi connectivity index (χ2n) is 9.62. The molecule has 0 saturated carbocycles. The molecule has 6 aromatic rings. The lowest BCUT2D eigenvalue weighted by Crippen LogP contribution is -1.98. The average Bonchev–Trinajstić information content (AvgIpc) is 3.44. The normalized spacial score (nSPS) is 12.1. The van der Waals surface area contributed by atoms with Crippen molar-refractivity contribution in [2.45, 2.75) is 39.5 Å². The van der Waals surface area contributed by atoms with Crippen molar-refractivity contribution in [1.29, 1.82) is 0 Å². The van der Waals surface area contributed by atoms with E-state index in [1.807, 2.05) is 24.4 Å². The van der Waals surface area contributed by atoms with E-state index in [1.54, 1.807) is 0 Å². The molecule has 0 aliphatic rings. The van der Waals surface area contributed by atoms with Gasteiger partial charge in [0.05, 0.1) is 11.9 Å². The highest BCUT2D eigenvalue weighted by Gasteiger charge is 2.20. The van der Waals surface area contributed by atoms with Crippen LogP contribution in [0.5, 0.6) is 0 Å². The second kappa shape index (κ2) is 7.88. The van der Waals surface area contributed by atoms with Crippen molar-refractivity contribution >= 4 is 32.9 Å². The molecule has 0 fully saturated rings. The summed E-state index contributed by atoms with van der Waals surface area (Å²) in [5.41, 5.74) is 8.26. The molecule has 0 bridgehead atoms. The van der Waals surface area contributed by atoms with E-state index < -0.39 is 0 Å². The number of furan rings is 2. The molecule has 0 spiro atoms. The van der Waals surface area contributed by atoms with Gasteiger partial charge in [0.25, 0.3) is 0 Å². The number of aromatic nitrogens is 1. The minimum Gasteiger partial charge on any atom is -0.455 e. The molecule has 6 rings (SSSR count). The fraction of sp³-hybridized carbons (Fsp3) is 0.194. The number of benzene rings is 3. The quantitative estimate of drug-likeness (QED) is 0.271. The van der Waals surface area contributed by atoms with Gasteiger partial charge in [0.2, 0.25) is 0 Å². The van der Waals surface area contributed by atoms with E-state index in [4.69, 9.17) is 13.8 Å². The molecule has 3 heteroatoms. The molecule has 0 saturated heterocycles. The zero-order chi connectivity index (χ0) is 23.4. The molecule has 0 N–H and O–H groups in total. The van der Waals surface area contributed by atoms with E-state index in [2.05, 4.69) is 82.3 Å². The Labute approximate surface area is 199 Å². The first-order valence-electron chi connectivity index (χ1n) is 11.9. The van der Waals surface area contributed by atoms with Crippen molar-refractivity contribution in [3.8, 4) is 22.6 Å². The van der Waals surface area contributed by atoms with E-state index in [9.17, 15) is 0 Å². The van der Waals surface area contributed by atoms with Crippen LogP contribution in [0.15, 0.2) is 87.8 Å². The van der Waals surface area contributed by atoms with Crippen LogP contribution < -0.4 is 0 Å². The Morgan fingerprint density at radius 2 is 1.38 bits per heavy atom. The van der Waals surface area contributed by atoms with Crippen LogP contribution in [0.3, 0.4) is 0 Å². The van der Waals surface area contributed by atoms with Crippen molar-refractivity contribution in [2.24, 2.45) is 0 Å². The van der Waals surface area contributed by atoms with E-state index in [0.717, 1.165) is 49.9 Å². The van der Waals surface area contributed by atoms with E-state index in [-0.39, 0.29) is 0 Å². The number of pyridine rings is 1. The number of hydrogen-bond donors (Lipinski definition) is 0. The zero-order valence-corrected chi connectivity index (χ0v) is 19.9. The number of rotatable bonds is 4. The summed E-state index contributed by atoms with van der Waals surface area (Å²) >= 11 is 0. The van der Waals surface area contributed by atoms with Gasteiger partial charge in [-0.1, -0.05) is 76.2 Å². The Morgan fingerprint density at radius 3 is 2.15 bits per heavy atom. The first kappa shape index (κ1) is 20.7. The van der Waals surface area contributed by atoms with Crippen molar-refractivity contribution in [3.05, 3.63) is 90.1 Å². The number of hydrogen-bond acceptors (Lipinski definition) is 3. The first-order chi connectivity index (χ1) is 16.5. The van der Waals surface area contributed by atoms with Gasteiger partial charge >= 0.3 is 0 Å². The van der Waals surface area contributed by atoms with Crippen LogP contribution in [0, 0.1) is 0 Å². The second-order valence-corrected chi connectivity index (χ2v) is 9.62. The van der Waals surface area contributed by atoms with E-state index in [1.165, 1.54) is 16.7 Å². The van der Waals surface area contributed by atoms with E-state index >= 15 is 0 Å². The molecule has 3 aromatic heterocycles. The Morgan fingerprint density at radius 1 is 0.676 bits per heavy atom. The number of nitrogens with zero attached hydrogens (tertiary/aromatic N) is 1. The van der Waals surface area contributed by atoms with Crippen molar-refractivity contribution in [3.63, 3.8) is 0 Å². The Balaban J connectivity index is 1.53. The molecular weight excluding hydrogens is 418 g/mol. The third kappa shape index (κ3) is 3.23. The molecule has 0 aliphatic heterocycles. The van der Waals surface area contributed by atoms with Crippen LogP contribution in [0.2, 0.25) is 0 Å². The summed E-state index contributed by atoms with van der Waals surface area (Å²) < 4.78 is 12.6. The Kier molecular flexibility index (Phi) is 4.80. The van der Waals surface area contributed by atoms with Crippen molar-refractivity contribution in [1.82, 2.24) is 4.98 Å². The minimum absolute atomic E-state index is 0.404. The van der Waals surface area contributed by atoms with Crippen molar-refractivity contribution in [2.75, 3.05) is 0 Å². The summed E-state index contributed by atoms with van der Waals surface area (Å²) in [6.45, 7) is 8.94. The molecule has 0 amide bonds. The van der Waals surface area contributed by atoms with Crippen LogP contribution in [0.4, 0.5) is 0 Å². The summed E-state index contributed by atoms with van der Waals surface area (Å²) in [4.78, 5) is 4.77. The lowest BCUT2D eigenvalue weighted by atomic mass is 9.87. The molecule has 0 unspecified atom stereocenters. The summed E-state index contributed by atoms with van der Waals surface area (Å²) in [7, 11) is 0. The molecular formula is C31H27NO2. The van der Waals surface area contributed by atoms with Crippen molar-refractivity contribution < 1.29 is 8.83 Å². The summed E-state index contributed by atoms with van der Waals surface area (Å²) in [5, 5.41) is 3.27. The third-order valence-corrected chi connectivity index (χ3v) is 6.70. The molecule has 0 aliphatic carbocycles. The van der Waals surface area contributed by atoms with Crippen LogP contribution in [0.1, 0.15) is 50.7 Å². The lowest BCUT2D eigenvalue weighted by Gasteiger charge is -2.17. The monoisotopic (exact) mass is 445 g/mol. The largest absolute Gasteiger partial charge is 0.455 e. The maximum atomic E-state index is 6.38. The highest BCUT2D eigenvalue weighted by molar-refractivity contribution is 6.09. The predicted molar refractivity (Wildman–Crippen MR) is 140 cm³/mol. The average molecular weight is 446 g/mol. The number of fused-ring (bicyclic) bond motifs is 4. The van der Waals surface area contributed by atoms with Gasteiger partial charge in [-0.2, -0.15) is 0 Å². The highest BCUT2D eigenvalue weighted by atomic mass is 16.3. The SMILES string of the molecule is CC(C)c1cccc(C(C)C)c1-c1cc2cc(-c3cccc4c3oc3ccccc34)ncc2o1. The highest BCUT2D eigenvalue weighted by Crippen LogP contribution is 2.40. The van der Waals surface area contributed by atoms with Gasteiger partial charge < -0.3 is 8.83 Å². The fourth-order valence-corrected chi connectivity index (χ4v) is 5.00. The molecule has 34 heavy (non-hydrogen) atoms. The number of para-hydroxylation sites is 2. The van der Waals surface area contributed by atoms with Crippen LogP contribution in [-0.2, 0) is 0 Å². The van der Waals surface area contributed by atoms with Gasteiger partial charge in [-0.05, 0) is 47.2 Å². The summed E-state index contributed by atoms with van der Waals surface area (Å²) in [6, 6.07) is 25.3. The molecule has 3 aromatic carbocycles. The van der Waals surface area contributed by atoms with Gasteiger partial charge in [-0.15, -0.1) is 0 Å². The smallest absolute Gasteiger partial charge is 0.153 e. The molecule has 0 atom stereocenters. The predicted octanol–water partition coefficient (Wildman–Crippen LogP) is 9.31. The minimum atomic E-state index is 0.404. The standard InChI is InChI=1S/C31H27NO2/c1-18(2)21-10-7-11-22(19(3)4)30(21)28-16-20-15-26(32-17-29(20)33-28)25-13-8-12-24-23-9-5-6-14-27(23)34-31(24)25/h5-19H,1-4H3. The Hall–Kier alpha value is -3.85. The van der Waals surface area contributed by atoms with Gasteiger partial charge in [-0.25, -0.2) is 0 Å². The van der Waals surface area contributed by atoms with Crippen LogP contribution >= 0.6 is 0 Å². The van der Waals surface area contributed by atoms with Gasteiger partial charge in [0.15, 0.2) is 5.58 Å². The molecule has 3 heterocycles. The summed E-state index contributed by atoms with van der Waals surface area (Å²) in [6.07, 6.45) is 1.84. The zero-order valence-electron chi connectivity index (χ0n) is 19.9. The maximum absolute atomic E-state index is 6.38. The van der Waals surface area contributed by atoms with E-state index in [0.29, 0.717) is 11.8 Å². The molecule has 168 valence electrons. The molecule has 3 nitrogen and oxygen atoms in total. The van der Waals surface area contributed by atoms with Gasteiger partial charge in [0.1, 0.15) is 16.9 Å². The lowest BCUT2D eigenvalue weighted by molar-refractivity contribution is 0.625. The third-order valence-electron chi connectivity index (χ3n) is 6.70. The topological polar surface area (TPSA) is 39.2 Å². The van der Waals surface area contributed by atoms with Crippen LogP contribution in [-0.4, -0.2) is 4.98 Å². The molecule has 0 radical (unpaired) electrons. The van der Waals surface area contributed by atoms with Gasteiger partial charge in [0, 0.05) is 27.3 Å². The summed E-state index contributed by atoms with van der Waals surface area (Å²) in [5.74, 6) is 1.71. The maximum Gasteiger partial charge on any atom is 0.153 e. The first-order valence-corrected chi connectivity index (χ1v) is 11.9. The van der Waals surface area contributed by atoms with Crippen LogP contribution in [0.25, 0.3) is 55.5 Å². The van der Waals surface area contributed by atoms with Gasteiger partial charge in [-0.3, -0.25) is 4.98 Å². The Bertz CT molecular complexity index is 1640. The fourth-order valence-electron chi connectivity index (χ4n) is 5.00.